The first-order valence-electron chi connectivity index (χ1n) is 17.2. The zero-order valence-corrected chi connectivity index (χ0v) is 30.2. The fourth-order valence-electron chi connectivity index (χ4n) is 7.25. The number of likely N-dealkylation sites (tertiary alicyclic amines) is 1. The number of amides is 1. The molecule has 6 rings (SSSR count). The molecule has 0 aliphatic carbocycles. The summed E-state index contributed by atoms with van der Waals surface area (Å²) < 4.78 is 62.4. The largest absolute Gasteiger partial charge is 0.488 e. The highest BCUT2D eigenvalue weighted by molar-refractivity contribution is 6.34. The summed E-state index contributed by atoms with van der Waals surface area (Å²) in [4.78, 5) is 15.1. The standard InChI is InChI=1S/C39H43ClF2N2O7/c1-23(49-31-13-9-10-16-47-31)21-48-28-15-14-24(20-43)32(35(28)42)33-26-18-39(25-11-7-6-8-12-25,50-29(26)17-27(41)34(33)40)30-19-38(5,46)22-44(30)36(45)51-37(2,3)4/h6-8,11-12,14-15,17,23,30-31,46H,9-10,13,16,18-19,21-22H2,1-5H3/t23-,30-,31-,38-,39-/m0/s1. The van der Waals surface area contributed by atoms with E-state index in [2.05, 4.69) is 0 Å². The average Bonchev–Trinajstić information content (AvgIpc) is 3.63. The molecule has 0 aromatic heterocycles. The van der Waals surface area contributed by atoms with Gasteiger partial charge in [-0.05, 0) is 71.6 Å². The lowest BCUT2D eigenvalue weighted by Gasteiger charge is -2.40. The van der Waals surface area contributed by atoms with Crippen LogP contribution in [-0.2, 0) is 26.2 Å². The number of β-amino-alcohol motifs (C(OH)–C–C–N with tert-alkyl or cyclic N) is 1. The number of halogens is 3. The number of benzene rings is 3. The van der Waals surface area contributed by atoms with Crippen molar-refractivity contribution in [2.45, 2.75) is 102 Å². The molecular weight excluding hydrogens is 682 g/mol. The second-order valence-electron chi connectivity index (χ2n) is 14.8. The van der Waals surface area contributed by atoms with Crippen LogP contribution in [0.4, 0.5) is 13.6 Å². The molecule has 51 heavy (non-hydrogen) atoms. The summed E-state index contributed by atoms with van der Waals surface area (Å²) in [6.07, 6.45) is 1.33. The normalized spacial score (nSPS) is 25.1. The van der Waals surface area contributed by atoms with Crippen LogP contribution in [0.5, 0.6) is 11.5 Å². The number of fused-ring (bicyclic) bond motifs is 1. The Kier molecular flexibility index (Phi) is 10.3. The number of hydrogen-bond donors (Lipinski definition) is 1. The van der Waals surface area contributed by atoms with Crippen molar-refractivity contribution in [1.29, 1.82) is 5.26 Å². The molecule has 3 aromatic rings. The van der Waals surface area contributed by atoms with Crippen LogP contribution < -0.4 is 9.47 Å². The molecule has 9 nitrogen and oxygen atoms in total. The monoisotopic (exact) mass is 724 g/mol. The van der Waals surface area contributed by atoms with Crippen molar-refractivity contribution in [3.05, 3.63) is 81.9 Å². The van der Waals surface area contributed by atoms with Gasteiger partial charge < -0.3 is 28.8 Å². The van der Waals surface area contributed by atoms with E-state index < -0.39 is 51.7 Å². The molecule has 272 valence electrons. The number of aliphatic hydroxyl groups is 1. The third kappa shape index (κ3) is 7.51. The molecular formula is C39H43ClF2N2O7. The number of nitriles is 1. The van der Waals surface area contributed by atoms with Crippen molar-refractivity contribution in [3.63, 3.8) is 0 Å². The van der Waals surface area contributed by atoms with Crippen molar-refractivity contribution in [2.24, 2.45) is 0 Å². The second kappa shape index (κ2) is 14.2. The molecule has 2 fully saturated rings. The van der Waals surface area contributed by atoms with Gasteiger partial charge in [0.2, 0.25) is 0 Å². The van der Waals surface area contributed by atoms with E-state index in [4.69, 9.17) is 35.3 Å². The highest BCUT2D eigenvalue weighted by Crippen LogP contribution is 2.54. The van der Waals surface area contributed by atoms with Gasteiger partial charge in [-0.1, -0.05) is 41.9 Å². The van der Waals surface area contributed by atoms with Crippen LogP contribution in [0.1, 0.15) is 77.0 Å². The molecule has 3 heterocycles. The highest BCUT2D eigenvalue weighted by atomic mass is 35.5. The van der Waals surface area contributed by atoms with Crippen LogP contribution in [0, 0.1) is 23.0 Å². The summed E-state index contributed by atoms with van der Waals surface area (Å²) in [7, 11) is 0. The lowest BCUT2D eigenvalue weighted by molar-refractivity contribution is -0.189. The molecule has 0 unspecified atom stereocenters. The highest BCUT2D eigenvalue weighted by Gasteiger charge is 2.58. The summed E-state index contributed by atoms with van der Waals surface area (Å²) in [5.74, 6) is -1.90. The smallest absolute Gasteiger partial charge is 0.410 e. The summed E-state index contributed by atoms with van der Waals surface area (Å²) in [6, 6.07) is 14.2. The molecule has 0 saturated carbocycles. The van der Waals surface area contributed by atoms with Gasteiger partial charge in [0, 0.05) is 42.2 Å². The van der Waals surface area contributed by atoms with Gasteiger partial charge in [0.25, 0.3) is 0 Å². The van der Waals surface area contributed by atoms with Crippen molar-refractivity contribution in [1.82, 2.24) is 4.90 Å². The first kappa shape index (κ1) is 36.8. The van der Waals surface area contributed by atoms with E-state index in [0.29, 0.717) is 17.7 Å². The third-order valence-electron chi connectivity index (χ3n) is 9.44. The maximum absolute atomic E-state index is 16.7. The molecule has 1 amide bonds. The fraction of sp³-hybridized carbons (Fsp3) is 0.487. The SMILES string of the molecule is C[C@@H](COc1ccc(C#N)c(-c2c(Cl)c(F)cc3c2C[C@](c2ccccc2)([C@@H]2C[C@](C)(O)CN2C(=O)OC(C)(C)C)O3)c1F)O[C@H]1CCCCO1. The number of carbonyl (C=O) groups excluding carboxylic acids is 1. The topological polar surface area (TPSA) is 110 Å². The number of rotatable bonds is 8. The van der Waals surface area contributed by atoms with E-state index in [0.717, 1.165) is 25.3 Å². The zero-order valence-electron chi connectivity index (χ0n) is 29.4. The number of hydrogen-bond acceptors (Lipinski definition) is 8. The Balaban J connectivity index is 1.43. The number of ether oxygens (including phenoxy) is 5. The molecule has 2 saturated heterocycles. The van der Waals surface area contributed by atoms with Crippen LogP contribution in [0.3, 0.4) is 0 Å². The number of carbonyl (C=O) groups is 1. The van der Waals surface area contributed by atoms with E-state index in [1.807, 2.05) is 36.4 Å². The molecule has 12 heteroatoms. The van der Waals surface area contributed by atoms with Gasteiger partial charge in [-0.25, -0.2) is 13.6 Å². The predicted molar refractivity (Wildman–Crippen MR) is 186 cm³/mol. The van der Waals surface area contributed by atoms with Gasteiger partial charge in [0.1, 0.15) is 23.8 Å². The summed E-state index contributed by atoms with van der Waals surface area (Å²) in [6.45, 7) is 9.20. The first-order valence-corrected chi connectivity index (χ1v) is 17.6. The van der Waals surface area contributed by atoms with Gasteiger partial charge >= 0.3 is 6.09 Å². The molecule has 3 aliphatic rings. The Hall–Kier alpha value is -3.95. The maximum Gasteiger partial charge on any atom is 0.410 e. The van der Waals surface area contributed by atoms with E-state index in [-0.39, 0.29) is 60.5 Å². The minimum Gasteiger partial charge on any atom is -0.488 e. The van der Waals surface area contributed by atoms with Gasteiger partial charge in [0.05, 0.1) is 40.9 Å². The third-order valence-corrected chi connectivity index (χ3v) is 9.81. The quantitative estimate of drug-likeness (QED) is 0.249. The Morgan fingerprint density at radius 1 is 1.18 bits per heavy atom. The van der Waals surface area contributed by atoms with Crippen molar-refractivity contribution in [2.75, 3.05) is 19.8 Å². The van der Waals surface area contributed by atoms with Crippen LogP contribution >= 0.6 is 11.6 Å². The fourth-order valence-corrected chi connectivity index (χ4v) is 7.51. The summed E-state index contributed by atoms with van der Waals surface area (Å²) >= 11 is 6.69. The zero-order chi connectivity index (χ0) is 36.7. The van der Waals surface area contributed by atoms with Gasteiger partial charge in [0.15, 0.2) is 23.5 Å². The second-order valence-corrected chi connectivity index (χ2v) is 15.2. The van der Waals surface area contributed by atoms with Crippen molar-refractivity contribution >= 4 is 17.7 Å². The Bertz CT molecular complexity index is 1820. The maximum atomic E-state index is 16.7. The Morgan fingerprint density at radius 2 is 1.92 bits per heavy atom. The number of nitrogens with zero attached hydrogens (tertiary/aromatic N) is 2. The van der Waals surface area contributed by atoms with Gasteiger partial charge in [-0.15, -0.1) is 0 Å². The summed E-state index contributed by atoms with van der Waals surface area (Å²) in [5.41, 5.74) is -2.96. The van der Waals surface area contributed by atoms with Crippen LogP contribution in [-0.4, -0.2) is 65.5 Å². The van der Waals surface area contributed by atoms with Crippen molar-refractivity contribution in [3.8, 4) is 28.7 Å². The lowest BCUT2D eigenvalue weighted by Crippen LogP contribution is -2.53. The lowest BCUT2D eigenvalue weighted by atomic mass is 9.78. The summed E-state index contributed by atoms with van der Waals surface area (Å²) in [5, 5.41) is 21.1. The van der Waals surface area contributed by atoms with E-state index >= 15 is 8.78 Å². The molecule has 3 aliphatic heterocycles. The Morgan fingerprint density at radius 3 is 2.59 bits per heavy atom. The van der Waals surface area contributed by atoms with Gasteiger partial charge in [-0.2, -0.15) is 5.26 Å². The molecule has 0 spiro atoms. The van der Waals surface area contributed by atoms with E-state index in [1.54, 1.807) is 34.6 Å². The molecule has 0 bridgehead atoms. The van der Waals surface area contributed by atoms with Crippen LogP contribution in [0.25, 0.3) is 11.1 Å². The molecule has 0 radical (unpaired) electrons. The molecule has 5 atom stereocenters. The van der Waals surface area contributed by atoms with Crippen molar-refractivity contribution < 1.29 is 42.4 Å². The van der Waals surface area contributed by atoms with Gasteiger partial charge in [-0.3, -0.25) is 4.90 Å². The van der Waals surface area contributed by atoms with Crippen LogP contribution in [0.2, 0.25) is 5.02 Å². The Labute approximate surface area is 302 Å². The van der Waals surface area contributed by atoms with E-state index in [9.17, 15) is 15.2 Å². The van der Waals surface area contributed by atoms with E-state index in [1.165, 1.54) is 17.0 Å². The molecule has 1 N–H and O–H groups in total. The predicted octanol–water partition coefficient (Wildman–Crippen LogP) is 8.06. The first-order chi connectivity index (χ1) is 24.1. The molecule has 3 aromatic carbocycles. The van der Waals surface area contributed by atoms with Crippen LogP contribution in [0.15, 0.2) is 48.5 Å². The minimum absolute atomic E-state index is 0.0105. The average molecular weight is 725 g/mol. The minimum atomic E-state index is -1.39.